The first-order valence-corrected chi connectivity index (χ1v) is 5.38. The van der Waals surface area contributed by atoms with Gasteiger partial charge in [0.15, 0.2) is 11.5 Å². The number of benzene rings is 1. The summed E-state index contributed by atoms with van der Waals surface area (Å²) >= 11 is 0. The van der Waals surface area contributed by atoms with Gasteiger partial charge in [0.2, 0.25) is 6.79 Å². The number of carboxylic acids is 1. The van der Waals surface area contributed by atoms with Crippen molar-refractivity contribution in [3.63, 3.8) is 0 Å². The van der Waals surface area contributed by atoms with Crippen LogP contribution in [0.1, 0.15) is 10.4 Å². The van der Waals surface area contributed by atoms with Crippen LogP contribution in [0.15, 0.2) is 29.2 Å². The Morgan fingerprint density at radius 1 is 1.32 bits per heavy atom. The number of carbonyl (C=O) groups is 1. The van der Waals surface area contributed by atoms with Crippen LogP contribution in [0.25, 0.3) is 11.4 Å². The van der Waals surface area contributed by atoms with E-state index in [9.17, 15) is 9.59 Å². The number of fused-ring (bicyclic) bond motifs is 1. The van der Waals surface area contributed by atoms with Gasteiger partial charge in [-0.05, 0) is 18.2 Å². The monoisotopic (exact) mass is 260 g/mol. The standard InChI is InChI=1S/C12H8N2O5/c15-11-7(12(16)17)4-13-10(14-11)6-1-2-8-9(3-6)19-5-18-8/h1-4H,5H2,(H,16,17)(H,13,14,15). The summed E-state index contributed by atoms with van der Waals surface area (Å²) in [4.78, 5) is 28.6. The highest BCUT2D eigenvalue weighted by Gasteiger charge is 2.16. The number of aromatic amines is 1. The fraction of sp³-hybridized carbons (Fsp3) is 0.0833. The SMILES string of the molecule is O=C(O)c1cnc(-c2ccc3c(c2)OCO3)[nH]c1=O. The molecule has 0 spiro atoms. The Balaban J connectivity index is 2.05. The van der Waals surface area contributed by atoms with Crippen molar-refractivity contribution >= 4 is 5.97 Å². The molecular weight excluding hydrogens is 252 g/mol. The summed E-state index contributed by atoms with van der Waals surface area (Å²) in [5.74, 6) is 0.134. The Morgan fingerprint density at radius 2 is 2.11 bits per heavy atom. The number of nitrogens with zero attached hydrogens (tertiary/aromatic N) is 1. The molecule has 0 fully saturated rings. The molecule has 2 N–H and O–H groups in total. The molecular formula is C12H8N2O5. The highest BCUT2D eigenvalue weighted by Crippen LogP contribution is 2.34. The van der Waals surface area contributed by atoms with Gasteiger partial charge in [-0.3, -0.25) is 4.79 Å². The predicted octanol–water partition coefficient (Wildman–Crippen LogP) is 0.864. The van der Waals surface area contributed by atoms with Crippen molar-refractivity contribution in [2.75, 3.05) is 6.79 Å². The molecule has 1 aromatic carbocycles. The molecule has 1 aliphatic rings. The smallest absolute Gasteiger partial charge is 0.342 e. The van der Waals surface area contributed by atoms with Crippen molar-refractivity contribution in [1.82, 2.24) is 9.97 Å². The van der Waals surface area contributed by atoms with Crippen molar-refractivity contribution in [2.24, 2.45) is 0 Å². The lowest BCUT2D eigenvalue weighted by Crippen LogP contribution is -2.18. The van der Waals surface area contributed by atoms with Gasteiger partial charge in [0, 0.05) is 11.8 Å². The van der Waals surface area contributed by atoms with Crippen LogP contribution in [0, 0.1) is 0 Å². The lowest BCUT2D eigenvalue weighted by molar-refractivity contribution is 0.0694. The van der Waals surface area contributed by atoms with Crippen LogP contribution in [0.2, 0.25) is 0 Å². The maximum absolute atomic E-state index is 11.6. The molecule has 0 atom stereocenters. The van der Waals surface area contributed by atoms with E-state index >= 15 is 0 Å². The summed E-state index contributed by atoms with van der Waals surface area (Å²) in [6.45, 7) is 0.153. The van der Waals surface area contributed by atoms with Crippen molar-refractivity contribution in [1.29, 1.82) is 0 Å². The second kappa shape index (κ2) is 4.13. The summed E-state index contributed by atoms with van der Waals surface area (Å²) in [6, 6.07) is 5.07. The van der Waals surface area contributed by atoms with E-state index < -0.39 is 17.1 Å². The van der Waals surface area contributed by atoms with Crippen LogP contribution in [0.4, 0.5) is 0 Å². The summed E-state index contributed by atoms with van der Waals surface area (Å²) in [6.07, 6.45) is 1.03. The summed E-state index contributed by atoms with van der Waals surface area (Å²) < 4.78 is 10.4. The van der Waals surface area contributed by atoms with E-state index in [1.807, 2.05) is 0 Å². The highest BCUT2D eigenvalue weighted by atomic mass is 16.7. The number of H-pyrrole nitrogens is 1. The fourth-order valence-corrected chi connectivity index (χ4v) is 1.74. The lowest BCUT2D eigenvalue weighted by Gasteiger charge is -2.02. The van der Waals surface area contributed by atoms with Crippen LogP contribution in [-0.2, 0) is 0 Å². The predicted molar refractivity (Wildman–Crippen MR) is 63.4 cm³/mol. The number of nitrogens with one attached hydrogen (secondary N) is 1. The normalized spacial score (nSPS) is 12.4. The van der Waals surface area contributed by atoms with Crippen LogP contribution < -0.4 is 15.0 Å². The largest absolute Gasteiger partial charge is 0.477 e. The first kappa shape index (κ1) is 11.3. The number of carboxylic acid groups (broad SMARTS) is 1. The molecule has 0 aliphatic carbocycles. The van der Waals surface area contributed by atoms with Crippen molar-refractivity contribution in [2.45, 2.75) is 0 Å². The first-order valence-electron chi connectivity index (χ1n) is 5.38. The third-order valence-corrected chi connectivity index (χ3v) is 2.68. The Hall–Kier alpha value is -2.83. The van der Waals surface area contributed by atoms with E-state index in [1.54, 1.807) is 18.2 Å². The fourth-order valence-electron chi connectivity index (χ4n) is 1.74. The van der Waals surface area contributed by atoms with Crippen LogP contribution >= 0.6 is 0 Å². The van der Waals surface area contributed by atoms with Crippen LogP contribution in [0.3, 0.4) is 0 Å². The summed E-state index contributed by atoms with van der Waals surface area (Å²) in [7, 11) is 0. The number of hydrogen-bond donors (Lipinski definition) is 2. The van der Waals surface area contributed by atoms with Gasteiger partial charge in [-0.25, -0.2) is 9.78 Å². The zero-order chi connectivity index (χ0) is 13.4. The molecule has 96 valence electrons. The topological polar surface area (TPSA) is 102 Å². The Morgan fingerprint density at radius 3 is 2.84 bits per heavy atom. The second-order valence-electron chi connectivity index (χ2n) is 3.85. The second-order valence-corrected chi connectivity index (χ2v) is 3.85. The molecule has 3 rings (SSSR count). The van der Waals surface area contributed by atoms with E-state index in [0.29, 0.717) is 17.1 Å². The van der Waals surface area contributed by atoms with E-state index in [-0.39, 0.29) is 12.6 Å². The number of aromatic nitrogens is 2. The Bertz CT molecular complexity index is 722. The average Bonchev–Trinajstić information content (AvgIpc) is 2.85. The van der Waals surface area contributed by atoms with Gasteiger partial charge in [0.05, 0.1) is 0 Å². The van der Waals surface area contributed by atoms with Gasteiger partial charge in [0.1, 0.15) is 11.4 Å². The molecule has 7 nitrogen and oxygen atoms in total. The van der Waals surface area contributed by atoms with Crippen LogP contribution in [0.5, 0.6) is 11.5 Å². The third-order valence-electron chi connectivity index (χ3n) is 2.68. The number of rotatable bonds is 2. The first-order chi connectivity index (χ1) is 9.15. The molecule has 0 saturated carbocycles. The Kier molecular flexibility index (Phi) is 2.45. The van der Waals surface area contributed by atoms with Gasteiger partial charge in [-0.15, -0.1) is 0 Å². The molecule has 0 radical (unpaired) electrons. The van der Waals surface area contributed by atoms with E-state index in [1.165, 1.54) is 0 Å². The minimum absolute atomic E-state index is 0.153. The van der Waals surface area contributed by atoms with Crippen molar-refractivity contribution < 1.29 is 19.4 Å². The molecule has 2 heterocycles. The Labute approximate surface area is 106 Å². The van der Waals surface area contributed by atoms with Gasteiger partial charge in [0.25, 0.3) is 5.56 Å². The molecule has 0 bridgehead atoms. The van der Waals surface area contributed by atoms with Gasteiger partial charge in [-0.2, -0.15) is 0 Å². The van der Waals surface area contributed by atoms with Gasteiger partial charge in [-0.1, -0.05) is 0 Å². The molecule has 0 saturated heterocycles. The summed E-state index contributed by atoms with van der Waals surface area (Å²) in [5.41, 5.74) is -0.488. The van der Waals surface area contributed by atoms with Gasteiger partial charge >= 0.3 is 5.97 Å². The molecule has 19 heavy (non-hydrogen) atoms. The highest BCUT2D eigenvalue weighted by molar-refractivity contribution is 5.86. The number of ether oxygens (including phenoxy) is 2. The molecule has 7 heteroatoms. The molecule has 1 aromatic heterocycles. The van der Waals surface area contributed by atoms with Gasteiger partial charge < -0.3 is 19.6 Å². The third kappa shape index (κ3) is 1.90. The molecule has 1 aliphatic heterocycles. The maximum Gasteiger partial charge on any atom is 0.342 e. The van der Waals surface area contributed by atoms with Crippen LogP contribution in [-0.4, -0.2) is 27.8 Å². The molecule has 2 aromatic rings. The van der Waals surface area contributed by atoms with E-state index in [4.69, 9.17) is 14.6 Å². The molecule has 0 amide bonds. The lowest BCUT2D eigenvalue weighted by atomic mass is 10.2. The van der Waals surface area contributed by atoms with E-state index in [0.717, 1.165) is 6.20 Å². The van der Waals surface area contributed by atoms with Crippen molar-refractivity contribution in [3.8, 4) is 22.9 Å². The maximum atomic E-state index is 11.6. The quantitative estimate of drug-likeness (QED) is 0.830. The zero-order valence-corrected chi connectivity index (χ0v) is 9.54. The number of aromatic carboxylic acids is 1. The molecule has 0 unspecified atom stereocenters. The number of hydrogen-bond acceptors (Lipinski definition) is 5. The van der Waals surface area contributed by atoms with E-state index in [2.05, 4.69) is 9.97 Å². The van der Waals surface area contributed by atoms with Crippen molar-refractivity contribution in [3.05, 3.63) is 40.3 Å². The average molecular weight is 260 g/mol. The minimum Gasteiger partial charge on any atom is -0.477 e. The minimum atomic E-state index is -1.31. The summed E-state index contributed by atoms with van der Waals surface area (Å²) in [5, 5.41) is 8.76. The zero-order valence-electron chi connectivity index (χ0n) is 9.54.